The van der Waals surface area contributed by atoms with Crippen molar-refractivity contribution in [1.29, 1.82) is 0 Å². The molecule has 1 aliphatic carbocycles. The summed E-state index contributed by atoms with van der Waals surface area (Å²) < 4.78 is 10.4. The number of hydrogen-bond donors (Lipinski definition) is 0. The predicted octanol–water partition coefficient (Wildman–Crippen LogP) is 2.84. The second-order valence-electron chi connectivity index (χ2n) is 4.83. The Hall–Kier alpha value is -1.06. The molecule has 1 atom stereocenters. The van der Waals surface area contributed by atoms with Gasteiger partial charge in [0.05, 0.1) is 6.61 Å². The van der Waals surface area contributed by atoms with Crippen LogP contribution in [-0.2, 0) is 19.1 Å². The maximum Gasteiger partial charge on any atom is 0.320 e. The Balaban J connectivity index is 2.37. The SMILES string of the molecule is CCCCOC(=O)C(CC)C(=O)OC1CCCC1. The number of esters is 2. The highest BCUT2D eigenvalue weighted by Crippen LogP contribution is 2.22. The lowest BCUT2D eigenvalue weighted by Crippen LogP contribution is -2.30. The van der Waals surface area contributed by atoms with Gasteiger partial charge in [-0.25, -0.2) is 0 Å². The second kappa shape index (κ2) is 8.11. The van der Waals surface area contributed by atoms with Gasteiger partial charge in [-0.2, -0.15) is 0 Å². The van der Waals surface area contributed by atoms with E-state index in [0.717, 1.165) is 38.5 Å². The van der Waals surface area contributed by atoms with Gasteiger partial charge in [-0.3, -0.25) is 9.59 Å². The first-order valence-corrected chi connectivity index (χ1v) is 7.06. The Morgan fingerprint density at radius 2 is 1.83 bits per heavy atom. The van der Waals surface area contributed by atoms with E-state index in [4.69, 9.17) is 9.47 Å². The zero-order chi connectivity index (χ0) is 13.4. The van der Waals surface area contributed by atoms with Crippen LogP contribution in [0, 0.1) is 5.92 Å². The van der Waals surface area contributed by atoms with Crippen molar-refractivity contribution in [3.05, 3.63) is 0 Å². The lowest BCUT2D eigenvalue weighted by Gasteiger charge is -2.17. The van der Waals surface area contributed by atoms with Gasteiger partial charge in [-0.1, -0.05) is 20.3 Å². The van der Waals surface area contributed by atoms with Crippen LogP contribution in [0.15, 0.2) is 0 Å². The Kier molecular flexibility index (Phi) is 6.76. The molecule has 1 saturated carbocycles. The fourth-order valence-corrected chi connectivity index (χ4v) is 2.10. The highest BCUT2D eigenvalue weighted by atomic mass is 16.6. The van der Waals surface area contributed by atoms with E-state index in [-0.39, 0.29) is 6.10 Å². The standard InChI is InChI=1S/C14H24O4/c1-3-5-10-17-13(15)12(4-2)14(16)18-11-8-6-7-9-11/h11-12H,3-10H2,1-2H3. The van der Waals surface area contributed by atoms with E-state index in [0.29, 0.717) is 13.0 Å². The minimum atomic E-state index is -0.748. The number of unbranched alkanes of at least 4 members (excludes halogenated alkanes) is 1. The number of hydrogen-bond acceptors (Lipinski definition) is 4. The van der Waals surface area contributed by atoms with Gasteiger partial charge >= 0.3 is 11.9 Å². The van der Waals surface area contributed by atoms with Gasteiger partial charge in [-0.15, -0.1) is 0 Å². The first-order valence-electron chi connectivity index (χ1n) is 7.06. The molecule has 0 aromatic carbocycles. The summed E-state index contributed by atoms with van der Waals surface area (Å²) in [7, 11) is 0. The van der Waals surface area contributed by atoms with Crippen LogP contribution in [0.3, 0.4) is 0 Å². The average molecular weight is 256 g/mol. The van der Waals surface area contributed by atoms with E-state index in [1.54, 1.807) is 0 Å². The van der Waals surface area contributed by atoms with Gasteiger partial charge < -0.3 is 9.47 Å². The highest BCUT2D eigenvalue weighted by molar-refractivity contribution is 5.94. The third-order valence-corrected chi connectivity index (χ3v) is 3.30. The smallest absolute Gasteiger partial charge is 0.320 e. The van der Waals surface area contributed by atoms with Crippen molar-refractivity contribution in [2.75, 3.05) is 6.61 Å². The fourth-order valence-electron chi connectivity index (χ4n) is 2.10. The van der Waals surface area contributed by atoms with Crippen molar-refractivity contribution in [3.63, 3.8) is 0 Å². The molecule has 1 aliphatic rings. The van der Waals surface area contributed by atoms with Crippen molar-refractivity contribution >= 4 is 11.9 Å². The van der Waals surface area contributed by atoms with Crippen LogP contribution in [0.1, 0.15) is 58.8 Å². The summed E-state index contributed by atoms with van der Waals surface area (Å²) in [5.41, 5.74) is 0. The van der Waals surface area contributed by atoms with Gasteiger partial charge in [0.1, 0.15) is 6.10 Å². The quantitative estimate of drug-likeness (QED) is 0.399. The number of rotatable bonds is 7. The topological polar surface area (TPSA) is 52.6 Å². The lowest BCUT2D eigenvalue weighted by molar-refractivity contribution is -0.165. The largest absolute Gasteiger partial charge is 0.465 e. The van der Waals surface area contributed by atoms with Crippen molar-refractivity contribution in [2.45, 2.75) is 64.9 Å². The molecule has 0 aromatic heterocycles. The minimum absolute atomic E-state index is 0.00925. The Morgan fingerprint density at radius 3 is 2.39 bits per heavy atom. The molecular formula is C14H24O4. The van der Waals surface area contributed by atoms with Gasteiger partial charge in [0, 0.05) is 0 Å². The summed E-state index contributed by atoms with van der Waals surface area (Å²) in [5.74, 6) is -1.60. The molecule has 0 amide bonds. The maximum absolute atomic E-state index is 11.9. The van der Waals surface area contributed by atoms with Crippen LogP contribution in [0.25, 0.3) is 0 Å². The van der Waals surface area contributed by atoms with E-state index >= 15 is 0 Å². The van der Waals surface area contributed by atoms with E-state index in [1.165, 1.54) is 0 Å². The van der Waals surface area contributed by atoms with Gasteiger partial charge in [0.25, 0.3) is 0 Å². The number of carbonyl (C=O) groups is 2. The summed E-state index contributed by atoms with van der Waals surface area (Å²) in [5, 5.41) is 0. The maximum atomic E-state index is 11.9. The summed E-state index contributed by atoms with van der Waals surface area (Å²) in [4.78, 5) is 23.6. The molecule has 4 nitrogen and oxygen atoms in total. The first kappa shape index (κ1) is 15.0. The van der Waals surface area contributed by atoms with Crippen LogP contribution < -0.4 is 0 Å². The third kappa shape index (κ3) is 4.67. The predicted molar refractivity (Wildman–Crippen MR) is 68.0 cm³/mol. The second-order valence-corrected chi connectivity index (χ2v) is 4.83. The molecule has 0 aliphatic heterocycles. The fraction of sp³-hybridized carbons (Fsp3) is 0.857. The van der Waals surface area contributed by atoms with Gasteiger partial charge in [-0.05, 0) is 38.5 Å². The zero-order valence-corrected chi connectivity index (χ0v) is 11.4. The molecule has 18 heavy (non-hydrogen) atoms. The average Bonchev–Trinajstić information content (AvgIpc) is 2.83. The molecule has 0 N–H and O–H groups in total. The van der Waals surface area contributed by atoms with Crippen LogP contribution in [0.4, 0.5) is 0 Å². The number of ether oxygens (including phenoxy) is 2. The van der Waals surface area contributed by atoms with Crippen LogP contribution in [0.5, 0.6) is 0 Å². The molecule has 1 fully saturated rings. The van der Waals surface area contributed by atoms with Gasteiger partial charge in [0.15, 0.2) is 5.92 Å². The van der Waals surface area contributed by atoms with Crippen molar-refractivity contribution < 1.29 is 19.1 Å². The summed E-state index contributed by atoms with van der Waals surface area (Å²) in [6, 6.07) is 0. The van der Waals surface area contributed by atoms with E-state index in [2.05, 4.69) is 0 Å². The van der Waals surface area contributed by atoms with E-state index in [9.17, 15) is 9.59 Å². The Morgan fingerprint density at radius 1 is 1.17 bits per heavy atom. The molecule has 0 radical (unpaired) electrons. The summed E-state index contributed by atoms with van der Waals surface area (Å²) >= 11 is 0. The van der Waals surface area contributed by atoms with Crippen molar-refractivity contribution in [1.82, 2.24) is 0 Å². The Bertz CT molecular complexity index is 269. The molecule has 0 saturated heterocycles. The van der Waals surface area contributed by atoms with Crippen molar-refractivity contribution in [2.24, 2.45) is 5.92 Å². The highest BCUT2D eigenvalue weighted by Gasteiger charge is 2.30. The van der Waals surface area contributed by atoms with Gasteiger partial charge in [0.2, 0.25) is 0 Å². The van der Waals surface area contributed by atoms with Crippen LogP contribution in [0.2, 0.25) is 0 Å². The van der Waals surface area contributed by atoms with E-state index < -0.39 is 17.9 Å². The third-order valence-electron chi connectivity index (χ3n) is 3.30. The molecule has 1 unspecified atom stereocenters. The van der Waals surface area contributed by atoms with Crippen LogP contribution >= 0.6 is 0 Å². The normalized spacial score (nSPS) is 17.4. The molecule has 104 valence electrons. The first-order chi connectivity index (χ1) is 8.69. The monoisotopic (exact) mass is 256 g/mol. The summed E-state index contributed by atoms with van der Waals surface area (Å²) in [6.45, 7) is 4.23. The van der Waals surface area contributed by atoms with Crippen LogP contribution in [-0.4, -0.2) is 24.6 Å². The Labute approximate surface area is 109 Å². The molecule has 0 spiro atoms. The van der Waals surface area contributed by atoms with Crippen molar-refractivity contribution in [3.8, 4) is 0 Å². The molecule has 0 heterocycles. The lowest BCUT2D eigenvalue weighted by atomic mass is 10.1. The molecule has 0 aromatic rings. The molecule has 4 heteroatoms. The molecule has 1 rings (SSSR count). The molecular weight excluding hydrogens is 232 g/mol. The summed E-state index contributed by atoms with van der Waals surface area (Å²) in [6.07, 6.45) is 6.31. The number of carbonyl (C=O) groups excluding carboxylic acids is 2. The van der Waals surface area contributed by atoms with E-state index in [1.807, 2.05) is 13.8 Å². The molecule has 0 bridgehead atoms. The minimum Gasteiger partial charge on any atom is -0.465 e. The zero-order valence-electron chi connectivity index (χ0n) is 11.4.